The molecule has 12 nitrogen and oxygen atoms in total. The fourth-order valence-electron chi connectivity index (χ4n) is 3.24. The second-order valence-corrected chi connectivity index (χ2v) is 7.11. The first-order chi connectivity index (χ1) is 15.3. The Bertz CT molecular complexity index is 1150. The lowest BCUT2D eigenvalue weighted by Gasteiger charge is -2.26. The van der Waals surface area contributed by atoms with Crippen LogP contribution in [-0.4, -0.2) is 51.5 Å². The molecule has 12 heteroatoms. The molecule has 1 saturated heterocycles. The number of H-pyrrole nitrogens is 1. The monoisotopic (exact) mass is 449 g/mol. The van der Waals surface area contributed by atoms with E-state index in [1.165, 1.54) is 6.07 Å². The zero-order valence-corrected chi connectivity index (χ0v) is 17.6. The minimum atomic E-state index is -1.32. The minimum Gasteiger partial charge on any atom is -0.479 e. The molecule has 172 valence electrons. The average Bonchev–Trinajstić information content (AvgIpc) is 2.75. The minimum absolute atomic E-state index is 0.0589. The van der Waals surface area contributed by atoms with Gasteiger partial charge in [-0.25, -0.2) is 14.4 Å². The Balaban J connectivity index is 1.88. The topological polar surface area (TPSA) is 170 Å². The van der Waals surface area contributed by atoms with Crippen LogP contribution in [0.15, 0.2) is 25.2 Å². The van der Waals surface area contributed by atoms with Crippen molar-refractivity contribution in [2.45, 2.75) is 58.2 Å². The Kier molecular flexibility index (Phi) is 7.36. The third kappa shape index (κ3) is 5.38. The Morgan fingerprint density at radius 2 is 2.03 bits per heavy atom. The van der Waals surface area contributed by atoms with Crippen LogP contribution in [0.2, 0.25) is 0 Å². The van der Waals surface area contributed by atoms with Crippen LogP contribution in [0.4, 0.5) is 0 Å². The number of carboxylic acid groups (broad SMARTS) is 1. The van der Waals surface area contributed by atoms with Crippen molar-refractivity contribution in [1.29, 1.82) is 0 Å². The molecule has 0 bridgehead atoms. The Morgan fingerprint density at radius 1 is 1.28 bits per heavy atom. The molecule has 32 heavy (non-hydrogen) atoms. The first kappa shape index (κ1) is 23.1. The van der Waals surface area contributed by atoms with Gasteiger partial charge in [0.2, 0.25) is 5.71 Å². The number of rotatable bonds is 8. The number of ether oxygens (including phenoxy) is 2. The number of carbonyl (C=O) groups is 2. The summed E-state index contributed by atoms with van der Waals surface area (Å²) in [6, 6.07) is 0.913. The maximum atomic E-state index is 12.6. The number of nitrogens with one attached hydrogen (secondary N) is 1. The molecule has 3 heterocycles. The SMILES string of the molecule is CCCCc1cc(=O)oc2nc(O/N=C3\C[C@@H](C(=O)O)O[C@@H](C(=O)OCC)C3)[nH]c(=O)c12. The van der Waals surface area contributed by atoms with E-state index in [-0.39, 0.29) is 42.3 Å². The van der Waals surface area contributed by atoms with Gasteiger partial charge >= 0.3 is 23.6 Å². The maximum absolute atomic E-state index is 12.6. The molecule has 0 unspecified atom stereocenters. The number of hydrogen-bond acceptors (Lipinski definition) is 10. The smallest absolute Gasteiger partial charge is 0.337 e. The number of nitrogens with zero attached hydrogens (tertiary/aromatic N) is 2. The number of esters is 1. The Hall–Kier alpha value is -3.54. The molecular formula is C20H23N3O9. The highest BCUT2D eigenvalue weighted by molar-refractivity contribution is 5.94. The van der Waals surface area contributed by atoms with Crippen LogP contribution < -0.4 is 16.0 Å². The number of fused-ring (bicyclic) bond motifs is 1. The van der Waals surface area contributed by atoms with Gasteiger partial charge in [-0.2, -0.15) is 4.98 Å². The van der Waals surface area contributed by atoms with Gasteiger partial charge in [-0.05, 0) is 25.3 Å². The first-order valence-corrected chi connectivity index (χ1v) is 10.2. The lowest BCUT2D eigenvalue weighted by Crippen LogP contribution is -2.42. The zero-order valence-electron chi connectivity index (χ0n) is 17.6. The fourth-order valence-corrected chi connectivity index (χ4v) is 3.24. The second-order valence-electron chi connectivity index (χ2n) is 7.11. The normalized spacial score (nSPS) is 19.8. The van der Waals surface area contributed by atoms with E-state index in [9.17, 15) is 24.3 Å². The number of carboxylic acids is 1. The largest absolute Gasteiger partial charge is 0.479 e. The van der Waals surface area contributed by atoms with Gasteiger partial charge in [0.25, 0.3) is 5.56 Å². The van der Waals surface area contributed by atoms with Crippen LogP contribution in [0, 0.1) is 0 Å². The van der Waals surface area contributed by atoms with E-state index in [0.717, 1.165) is 12.8 Å². The lowest BCUT2D eigenvalue weighted by atomic mass is 10.0. The Morgan fingerprint density at radius 3 is 2.72 bits per heavy atom. The van der Waals surface area contributed by atoms with E-state index >= 15 is 0 Å². The molecule has 3 rings (SSSR count). The van der Waals surface area contributed by atoms with Gasteiger partial charge in [0, 0.05) is 18.9 Å². The highest BCUT2D eigenvalue weighted by Crippen LogP contribution is 2.20. The van der Waals surface area contributed by atoms with Crippen molar-refractivity contribution in [3.05, 3.63) is 32.4 Å². The molecule has 1 fully saturated rings. The number of aliphatic carboxylic acids is 1. The molecule has 0 saturated carbocycles. The summed E-state index contributed by atoms with van der Waals surface area (Å²) in [6.07, 6.45) is -0.510. The van der Waals surface area contributed by atoms with Gasteiger partial charge in [-0.1, -0.05) is 18.5 Å². The van der Waals surface area contributed by atoms with Gasteiger partial charge in [0.05, 0.1) is 12.3 Å². The molecule has 1 aliphatic heterocycles. The third-order valence-electron chi connectivity index (χ3n) is 4.73. The molecule has 1 aliphatic rings. The molecule has 0 aromatic carbocycles. The van der Waals surface area contributed by atoms with Crippen molar-refractivity contribution in [2.24, 2.45) is 5.16 Å². The number of aromatic nitrogens is 2. The molecule has 2 aromatic heterocycles. The van der Waals surface area contributed by atoms with E-state index in [4.69, 9.17) is 18.7 Å². The van der Waals surface area contributed by atoms with Crippen LogP contribution >= 0.6 is 0 Å². The van der Waals surface area contributed by atoms with Crippen LogP contribution in [0.3, 0.4) is 0 Å². The van der Waals surface area contributed by atoms with E-state index in [1.54, 1.807) is 6.92 Å². The maximum Gasteiger partial charge on any atom is 0.337 e. The highest BCUT2D eigenvalue weighted by atomic mass is 16.6. The molecule has 2 aromatic rings. The summed E-state index contributed by atoms with van der Waals surface area (Å²) in [5.74, 6) is -1.99. The van der Waals surface area contributed by atoms with E-state index in [0.29, 0.717) is 12.0 Å². The standard InChI is InChI=1S/C20H23N3O9/c1-3-5-6-10-7-14(24)31-17-15(10)16(25)21-20(22-17)32-23-11-8-12(18(26)27)30-13(9-11)19(28)29-4-2/h7,12-13H,3-6,8-9H2,1-2H3,(H,26,27)(H,21,22,25)/b23-11+/t12-,13+/m0/s1. The number of carbonyl (C=O) groups excluding carboxylic acids is 1. The fraction of sp³-hybridized carbons (Fsp3) is 0.500. The summed E-state index contributed by atoms with van der Waals surface area (Å²) >= 11 is 0. The molecule has 2 N–H and O–H groups in total. The molecule has 0 radical (unpaired) electrons. The molecule has 2 atom stereocenters. The number of aryl methyl sites for hydroxylation is 1. The van der Waals surface area contributed by atoms with Gasteiger partial charge in [-0.3, -0.25) is 9.78 Å². The van der Waals surface area contributed by atoms with Crippen LogP contribution in [0.5, 0.6) is 6.01 Å². The summed E-state index contributed by atoms with van der Waals surface area (Å²) in [5.41, 5.74) is -0.689. The molecule has 0 aliphatic carbocycles. The van der Waals surface area contributed by atoms with Gasteiger partial charge in [0.1, 0.15) is 5.39 Å². The molecule has 0 spiro atoms. The predicted molar refractivity (Wildman–Crippen MR) is 110 cm³/mol. The summed E-state index contributed by atoms with van der Waals surface area (Å²) in [6.45, 7) is 3.70. The van der Waals surface area contributed by atoms with Crippen molar-refractivity contribution in [3.63, 3.8) is 0 Å². The van der Waals surface area contributed by atoms with Crippen molar-refractivity contribution in [3.8, 4) is 6.01 Å². The van der Waals surface area contributed by atoms with Crippen molar-refractivity contribution in [1.82, 2.24) is 9.97 Å². The predicted octanol–water partition coefficient (Wildman–Crippen LogP) is 1.15. The van der Waals surface area contributed by atoms with E-state index in [2.05, 4.69) is 15.1 Å². The van der Waals surface area contributed by atoms with E-state index in [1.807, 2.05) is 6.92 Å². The average molecular weight is 449 g/mol. The summed E-state index contributed by atoms with van der Waals surface area (Å²) in [7, 11) is 0. The van der Waals surface area contributed by atoms with Gasteiger partial charge in [0.15, 0.2) is 12.2 Å². The second kappa shape index (κ2) is 10.2. The number of hydrogen-bond donors (Lipinski definition) is 2. The summed E-state index contributed by atoms with van der Waals surface area (Å²) in [5, 5.41) is 13.2. The summed E-state index contributed by atoms with van der Waals surface area (Å²) < 4.78 is 15.2. The summed E-state index contributed by atoms with van der Waals surface area (Å²) in [4.78, 5) is 59.3. The quantitative estimate of drug-likeness (QED) is 0.440. The van der Waals surface area contributed by atoms with Crippen LogP contribution in [-0.2, 0) is 25.5 Å². The molecular weight excluding hydrogens is 426 g/mol. The van der Waals surface area contributed by atoms with Gasteiger partial charge < -0.3 is 23.8 Å². The third-order valence-corrected chi connectivity index (χ3v) is 4.73. The zero-order chi connectivity index (χ0) is 23.3. The highest BCUT2D eigenvalue weighted by Gasteiger charge is 2.36. The molecule has 0 amide bonds. The van der Waals surface area contributed by atoms with Crippen molar-refractivity contribution >= 4 is 28.8 Å². The number of oxime groups is 1. The number of unbranched alkanes of at least 4 members (excludes halogenated alkanes) is 1. The Labute approximate surface area is 181 Å². The first-order valence-electron chi connectivity index (χ1n) is 10.2. The lowest BCUT2D eigenvalue weighted by molar-refractivity contribution is -0.169. The van der Waals surface area contributed by atoms with Crippen molar-refractivity contribution < 1.29 is 33.4 Å². The van der Waals surface area contributed by atoms with Crippen LogP contribution in [0.1, 0.15) is 45.1 Å². The van der Waals surface area contributed by atoms with Crippen molar-refractivity contribution in [2.75, 3.05) is 6.61 Å². The van der Waals surface area contributed by atoms with Crippen LogP contribution in [0.25, 0.3) is 11.1 Å². The van der Waals surface area contributed by atoms with E-state index < -0.39 is 35.3 Å². The van der Waals surface area contributed by atoms with Gasteiger partial charge in [-0.15, -0.1) is 0 Å². The number of aromatic amines is 1.